The average molecular weight is 362 g/mol. The molecule has 0 bridgehead atoms. The van der Waals surface area contributed by atoms with Crippen molar-refractivity contribution in [3.63, 3.8) is 0 Å². The number of imide groups is 1. The molecule has 3 N–H and O–H groups in total. The van der Waals surface area contributed by atoms with Crippen molar-refractivity contribution >= 4 is 11.9 Å². The maximum Gasteiger partial charge on any atom is 0.321 e. The molecule has 0 spiro atoms. The highest BCUT2D eigenvalue weighted by molar-refractivity contribution is 5.96. The van der Waals surface area contributed by atoms with E-state index in [-0.39, 0.29) is 29.8 Å². The van der Waals surface area contributed by atoms with Crippen molar-refractivity contribution in [2.75, 3.05) is 0 Å². The second-order valence-corrected chi connectivity index (χ2v) is 7.67. The van der Waals surface area contributed by atoms with E-state index in [9.17, 15) is 14.0 Å². The Kier molecular flexibility index (Phi) is 6.25. The first kappa shape index (κ1) is 18.8. The Labute approximate surface area is 154 Å². The second-order valence-electron chi connectivity index (χ2n) is 7.67. The monoisotopic (exact) mass is 362 g/mol. The normalized spacial score (nSPS) is 20.2. The van der Waals surface area contributed by atoms with Crippen LogP contribution in [0.3, 0.4) is 0 Å². The average Bonchev–Trinajstić information content (AvgIpc) is 3.46. The second kappa shape index (κ2) is 8.62. The number of carbonyl (C=O) groups is 2. The van der Waals surface area contributed by atoms with E-state index in [1.807, 2.05) is 6.92 Å². The van der Waals surface area contributed by atoms with Gasteiger partial charge in [0.1, 0.15) is 12.4 Å². The Hall–Kier alpha value is -1.95. The highest BCUT2D eigenvalue weighted by atomic mass is 19.1. The standard InChI is InChI=1S/C20H28FN3O2/c1-14(19(25)23-20(26)22-17-5-3-2-4-6-17)24(18-11-12-18)13-15-7-9-16(21)10-8-15/h7-10,14,17-18H,2-6,11-13H2,1H3,(H2,22,23,25,26)/p+1/t14-/m1/s1. The summed E-state index contributed by atoms with van der Waals surface area (Å²) in [6.45, 7) is 2.52. The van der Waals surface area contributed by atoms with Gasteiger partial charge >= 0.3 is 6.03 Å². The largest absolute Gasteiger partial charge is 0.335 e. The molecule has 142 valence electrons. The minimum Gasteiger partial charge on any atom is -0.335 e. The van der Waals surface area contributed by atoms with Gasteiger partial charge in [0.15, 0.2) is 6.04 Å². The van der Waals surface area contributed by atoms with Gasteiger partial charge < -0.3 is 10.2 Å². The number of carbonyl (C=O) groups excluding carboxylic acids is 2. The van der Waals surface area contributed by atoms with E-state index in [2.05, 4.69) is 10.6 Å². The van der Waals surface area contributed by atoms with Gasteiger partial charge in [-0.2, -0.15) is 0 Å². The zero-order valence-corrected chi connectivity index (χ0v) is 15.4. The molecule has 1 unspecified atom stereocenters. The molecule has 0 saturated heterocycles. The van der Waals surface area contributed by atoms with Gasteiger partial charge in [-0.15, -0.1) is 0 Å². The molecule has 6 heteroatoms. The van der Waals surface area contributed by atoms with E-state index in [0.29, 0.717) is 12.6 Å². The van der Waals surface area contributed by atoms with E-state index >= 15 is 0 Å². The molecular formula is C20H29FN3O2+. The third-order valence-electron chi connectivity index (χ3n) is 5.55. The number of benzene rings is 1. The van der Waals surface area contributed by atoms with Crippen molar-refractivity contribution in [1.82, 2.24) is 10.6 Å². The van der Waals surface area contributed by atoms with Crippen LogP contribution in [0.1, 0.15) is 57.4 Å². The van der Waals surface area contributed by atoms with Crippen molar-refractivity contribution < 1.29 is 18.9 Å². The molecule has 0 heterocycles. The van der Waals surface area contributed by atoms with Crippen LogP contribution in [-0.4, -0.2) is 30.1 Å². The highest BCUT2D eigenvalue weighted by Gasteiger charge is 2.39. The van der Waals surface area contributed by atoms with Crippen molar-refractivity contribution in [1.29, 1.82) is 0 Å². The Morgan fingerprint density at radius 2 is 1.77 bits per heavy atom. The number of nitrogens with one attached hydrogen (secondary N) is 3. The number of halogens is 1. The van der Waals surface area contributed by atoms with E-state index in [1.54, 1.807) is 12.1 Å². The number of quaternary nitrogens is 1. The summed E-state index contributed by atoms with van der Waals surface area (Å²) in [6, 6.07) is 6.32. The van der Waals surface area contributed by atoms with Crippen molar-refractivity contribution in [2.45, 2.75) is 76.5 Å². The molecule has 0 radical (unpaired) electrons. The first-order valence-electron chi connectivity index (χ1n) is 9.74. The lowest BCUT2D eigenvalue weighted by atomic mass is 9.96. The van der Waals surface area contributed by atoms with Crippen LogP contribution in [0.4, 0.5) is 9.18 Å². The minimum atomic E-state index is -0.384. The zero-order valence-electron chi connectivity index (χ0n) is 15.4. The van der Waals surface area contributed by atoms with Gasteiger partial charge in [0.25, 0.3) is 5.91 Å². The summed E-state index contributed by atoms with van der Waals surface area (Å²) in [5.41, 5.74) is 1.000. The van der Waals surface area contributed by atoms with Gasteiger partial charge in [0, 0.05) is 24.4 Å². The Morgan fingerprint density at radius 3 is 2.38 bits per heavy atom. The lowest BCUT2D eigenvalue weighted by molar-refractivity contribution is -0.938. The van der Waals surface area contributed by atoms with Crippen LogP contribution in [0.15, 0.2) is 24.3 Å². The van der Waals surface area contributed by atoms with Crippen LogP contribution in [0.5, 0.6) is 0 Å². The fourth-order valence-corrected chi connectivity index (χ4v) is 3.80. The molecule has 2 aliphatic rings. The fourth-order valence-electron chi connectivity index (χ4n) is 3.80. The quantitative estimate of drug-likeness (QED) is 0.724. The molecule has 2 saturated carbocycles. The summed E-state index contributed by atoms with van der Waals surface area (Å²) < 4.78 is 13.1. The molecule has 2 aliphatic carbocycles. The fraction of sp³-hybridized carbons (Fsp3) is 0.600. The summed E-state index contributed by atoms with van der Waals surface area (Å²) in [5, 5.41) is 5.44. The molecule has 2 fully saturated rings. The molecule has 1 aromatic carbocycles. The summed E-state index contributed by atoms with van der Waals surface area (Å²) in [7, 11) is 0. The van der Waals surface area contributed by atoms with Crippen molar-refractivity contribution in [3.05, 3.63) is 35.6 Å². The van der Waals surface area contributed by atoms with Crippen LogP contribution in [-0.2, 0) is 11.3 Å². The van der Waals surface area contributed by atoms with E-state index < -0.39 is 0 Å². The maximum atomic E-state index is 13.1. The minimum absolute atomic E-state index is 0.179. The van der Waals surface area contributed by atoms with Crippen LogP contribution in [0.25, 0.3) is 0 Å². The van der Waals surface area contributed by atoms with E-state index in [4.69, 9.17) is 0 Å². The molecule has 2 atom stereocenters. The third kappa shape index (κ3) is 5.27. The van der Waals surface area contributed by atoms with Crippen LogP contribution < -0.4 is 15.5 Å². The van der Waals surface area contributed by atoms with Gasteiger partial charge in [-0.25, -0.2) is 9.18 Å². The van der Waals surface area contributed by atoms with Crippen LogP contribution in [0, 0.1) is 5.82 Å². The first-order chi connectivity index (χ1) is 12.5. The number of urea groups is 1. The zero-order chi connectivity index (χ0) is 18.5. The SMILES string of the molecule is C[C@H](C(=O)NC(=O)NC1CCCCC1)[NH+](Cc1ccc(F)cc1)C1CC1. The molecule has 1 aromatic rings. The lowest BCUT2D eigenvalue weighted by Crippen LogP contribution is -3.16. The predicted octanol–water partition coefficient (Wildman–Crippen LogP) is 1.92. The van der Waals surface area contributed by atoms with Gasteiger partial charge in [0.2, 0.25) is 0 Å². The molecule has 3 amide bonds. The topological polar surface area (TPSA) is 62.6 Å². The highest BCUT2D eigenvalue weighted by Crippen LogP contribution is 2.18. The van der Waals surface area contributed by atoms with E-state index in [0.717, 1.165) is 49.0 Å². The Morgan fingerprint density at radius 1 is 1.12 bits per heavy atom. The summed E-state index contributed by atoms with van der Waals surface area (Å²) in [4.78, 5) is 25.8. The Balaban J connectivity index is 1.54. The number of rotatable bonds is 6. The molecular weight excluding hydrogens is 333 g/mol. The first-order valence-corrected chi connectivity index (χ1v) is 9.74. The number of amides is 3. The van der Waals surface area contributed by atoms with Gasteiger partial charge in [-0.1, -0.05) is 31.4 Å². The predicted molar refractivity (Wildman–Crippen MR) is 97.1 cm³/mol. The number of hydrogen-bond acceptors (Lipinski definition) is 2. The van der Waals surface area contributed by atoms with Crippen LogP contribution in [0.2, 0.25) is 0 Å². The van der Waals surface area contributed by atoms with E-state index in [1.165, 1.54) is 18.6 Å². The smallest absolute Gasteiger partial charge is 0.321 e. The lowest BCUT2D eigenvalue weighted by Gasteiger charge is -2.26. The summed E-state index contributed by atoms with van der Waals surface area (Å²) in [5.74, 6) is -0.505. The summed E-state index contributed by atoms with van der Waals surface area (Å²) >= 11 is 0. The maximum absolute atomic E-state index is 13.1. The van der Waals surface area contributed by atoms with Crippen molar-refractivity contribution in [2.24, 2.45) is 0 Å². The van der Waals surface area contributed by atoms with Gasteiger partial charge in [-0.05, 0) is 31.9 Å². The molecule has 0 aromatic heterocycles. The summed E-state index contributed by atoms with van der Waals surface area (Å²) in [6.07, 6.45) is 7.63. The molecule has 0 aliphatic heterocycles. The van der Waals surface area contributed by atoms with Crippen LogP contribution >= 0.6 is 0 Å². The Bertz CT molecular complexity index is 624. The van der Waals surface area contributed by atoms with Gasteiger partial charge in [-0.3, -0.25) is 10.1 Å². The third-order valence-corrected chi connectivity index (χ3v) is 5.55. The number of hydrogen-bond donors (Lipinski definition) is 3. The molecule has 5 nitrogen and oxygen atoms in total. The van der Waals surface area contributed by atoms with Crippen molar-refractivity contribution in [3.8, 4) is 0 Å². The molecule has 26 heavy (non-hydrogen) atoms. The molecule has 3 rings (SSSR count). The van der Waals surface area contributed by atoms with Gasteiger partial charge in [0.05, 0.1) is 6.04 Å².